The van der Waals surface area contributed by atoms with Gasteiger partial charge in [-0.15, -0.1) is 0 Å². The number of urea groups is 1. The van der Waals surface area contributed by atoms with Gasteiger partial charge >= 0.3 is 6.03 Å². The molecule has 0 saturated carbocycles. The number of piperidine rings is 1. The van der Waals surface area contributed by atoms with E-state index in [2.05, 4.69) is 5.32 Å². The lowest BCUT2D eigenvalue weighted by Gasteiger charge is -2.35. The topological polar surface area (TPSA) is 95.7 Å². The number of nitrogens with one attached hydrogen (secondary N) is 1. The highest BCUT2D eigenvalue weighted by Gasteiger charge is 2.28. The standard InChI is InChI=1S/C17H23ClN4O3/c1-21(2)16(24)13-7-6-11(9-14(13)18)20-17(25)22-8-4-3-5-12(22)10-15(19)23/h6-7,9,12H,3-5,8,10H2,1-2H3,(H2,19,23)(H,20,25)/t12-/m0/s1. The molecule has 4 amide bonds. The van der Waals surface area contributed by atoms with Gasteiger partial charge in [0.2, 0.25) is 5.91 Å². The van der Waals surface area contributed by atoms with Gasteiger partial charge in [-0.25, -0.2) is 4.79 Å². The number of hydrogen-bond donors (Lipinski definition) is 2. The molecule has 0 aliphatic carbocycles. The number of likely N-dealkylation sites (tertiary alicyclic amines) is 1. The SMILES string of the molecule is CN(C)C(=O)c1ccc(NC(=O)N2CCCC[C@H]2CC(N)=O)cc1Cl. The van der Waals surface area contributed by atoms with Crippen molar-refractivity contribution in [3.63, 3.8) is 0 Å². The summed E-state index contributed by atoms with van der Waals surface area (Å²) in [6.45, 7) is 0.578. The molecule has 1 heterocycles. The van der Waals surface area contributed by atoms with E-state index in [-0.39, 0.29) is 29.4 Å². The van der Waals surface area contributed by atoms with Gasteiger partial charge in [0.1, 0.15) is 0 Å². The first kappa shape index (κ1) is 19.1. The molecule has 1 aliphatic heterocycles. The minimum Gasteiger partial charge on any atom is -0.370 e. The van der Waals surface area contributed by atoms with E-state index in [1.165, 1.54) is 4.90 Å². The fourth-order valence-electron chi connectivity index (χ4n) is 2.91. The average molecular weight is 367 g/mol. The van der Waals surface area contributed by atoms with Crippen LogP contribution in [0.5, 0.6) is 0 Å². The molecule has 0 spiro atoms. The van der Waals surface area contributed by atoms with Crippen LogP contribution in [0.2, 0.25) is 5.02 Å². The van der Waals surface area contributed by atoms with Gasteiger partial charge in [-0.3, -0.25) is 9.59 Å². The third kappa shape index (κ3) is 4.85. The maximum absolute atomic E-state index is 12.5. The number of nitrogens with two attached hydrogens (primary N) is 1. The summed E-state index contributed by atoms with van der Waals surface area (Å²) in [5.74, 6) is -0.625. The number of amides is 4. The minimum absolute atomic E-state index is 0.157. The predicted molar refractivity (Wildman–Crippen MR) is 96.6 cm³/mol. The van der Waals surface area contributed by atoms with Crippen molar-refractivity contribution in [2.24, 2.45) is 5.73 Å². The Hall–Kier alpha value is -2.28. The third-order valence-corrected chi connectivity index (χ3v) is 4.49. The summed E-state index contributed by atoms with van der Waals surface area (Å²) in [5.41, 5.74) is 6.14. The highest BCUT2D eigenvalue weighted by molar-refractivity contribution is 6.34. The van der Waals surface area contributed by atoms with E-state index in [0.29, 0.717) is 17.8 Å². The number of benzene rings is 1. The summed E-state index contributed by atoms with van der Waals surface area (Å²) >= 11 is 6.16. The first-order valence-corrected chi connectivity index (χ1v) is 8.54. The molecule has 0 bridgehead atoms. The van der Waals surface area contributed by atoms with E-state index in [1.54, 1.807) is 37.2 Å². The number of hydrogen-bond acceptors (Lipinski definition) is 3. The number of nitrogens with zero attached hydrogens (tertiary/aromatic N) is 2. The molecule has 1 aromatic rings. The quantitative estimate of drug-likeness (QED) is 0.855. The zero-order valence-electron chi connectivity index (χ0n) is 14.4. The van der Waals surface area contributed by atoms with Crippen LogP contribution in [0.4, 0.5) is 10.5 Å². The van der Waals surface area contributed by atoms with Crippen LogP contribution in [0.25, 0.3) is 0 Å². The molecule has 1 fully saturated rings. The highest BCUT2D eigenvalue weighted by Crippen LogP contribution is 2.24. The van der Waals surface area contributed by atoms with Crippen LogP contribution in [-0.4, -0.2) is 54.3 Å². The molecule has 0 aromatic heterocycles. The number of anilines is 1. The lowest BCUT2D eigenvalue weighted by molar-refractivity contribution is -0.119. The normalized spacial score (nSPS) is 17.1. The van der Waals surface area contributed by atoms with Gasteiger partial charge < -0.3 is 20.9 Å². The van der Waals surface area contributed by atoms with Gasteiger partial charge in [0, 0.05) is 38.8 Å². The second kappa shape index (κ2) is 8.20. The van der Waals surface area contributed by atoms with E-state index < -0.39 is 5.91 Å². The van der Waals surface area contributed by atoms with Crippen molar-refractivity contribution >= 4 is 35.1 Å². The van der Waals surface area contributed by atoms with Gasteiger partial charge in [0.15, 0.2) is 0 Å². The summed E-state index contributed by atoms with van der Waals surface area (Å²) in [6, 6.07) is 4.28. The molecule has 2 rings (SSSR count). The first-order valence-electron chi connectivity index (χ1n) is 8.16. The molecule has 1 saturated heterocycles. The molecular weight excluding hydrogens is 344 g/mol. The number of carbonyl (C=O) groups is 3. The lowest BCUT2D eigenvalue weighted by Crippen LogP contribution is -2.47. The number of halogens is 1. The van der Waals surface area contributed by atoms with E-state index >= 15 is 0 Å². The van der Waals surface area contributed by atoms with Crippen LogP contribution >= 0.6 is 11.6 Å². The van der Waals surface area contributed by atoms with E-state index in [4.69, 9.17) is 17.3 Å². The summed E-state index contributed by atoms with van der Waals surface area (Å²) in [7, 11) is 3.28. The first-order chi connectivity index (χ1) is 11.8. The van der Waals surface area contributed by atoms with E-state index in [0.717, 1.165) is 19.3 Å². The molecule has 1 aromatic carbocycles. The fraction of sp³-hybridized carbons (Fsp3) is 0.471. The number of carbonyl (C=O) groups excluding carboxylic acids is 3. The maximum Gasteiger partial charge on any atom is 0.322 e. The molecule has 8 heteroatoms. The Balaban J connectivity index is 2.10. The molecule has 1 aliphatic rings. The molecule has 25 heavy (non-hydrogen) atoms. The van der Waals surface area contributed by atoms with Crippen LogP contribution in [-0.2, 0) is 4.79 Å². The van der Waals surface area contributed by atoms with Gasteiger partial charge in [0.25, 0.3) is 5.91 Å². The zero-order valence-corrected chi connectivity index (χ0v) is 15.2. The van der Waals surface area contributed by atoms with Gasteiger partial charge in [-0.1, -0.05) is 11.6 Å². The molecule has 7 nitrogen and oxygen atoms in total. The average Bonchev–Trinajstić information content (AvgIpc) is 2.54. The van der Waals surface area contributed by atoms with Crippen LogP contribution < -0.4 is 11.1 Å². The highest BCUT2D eigenvalue weighted by atomic mass is 35.5. The van der Waals surface area contributed by atoms with Crippen LogP contribution in [0.3, 0.4) is 0 Å². The molecule has 3 N–H and O–H groups in total. The van der Waals surface area contributed by atoms with E-state index in [1.807, 2.05) is 0 Å². The summed E-state index contributed by atoms with van der Waals surface area (Å²) in [6.07, 6.45) is 2.77. The molecule has 0 radical (unpaired) electrons. The van der Waals surface area contributed by atoms with Gasteiger partial charge in [-0.2, -0.15) is 0 Å². The van der Waals surface area contributed by atoms with Crippen LogP contribution in [0.15, 0.2) is 18.2 Å². The summed E-state index contributed by atoms with van der Waals surface area (Å²) in [4.78, 5) is 38.8. The molecule has 136 valence electrons. The van der Waals surface area contributed by atoms with Crippen molar-refractivity contribution in [1.82, 2.24) is 9.80 Å². The Morgan fingerprint density at radius 2 is 2.04 bits per heavy atom. The zero-order chi connectivity index (χ0) is 18.6. The van der Waals surface area contributed by atoms with Crippen LogP contribution in [0.1, 0.15) is 36.0 Å². The molecule has 1 atom stereocenters. The Labute approximate surface area is 152 Å². The smallest absolute Gasteiger partial charge is 0.322 e. The Morgan fingerprint density at radius 1 is 1.32 bits per heavy atom. The molecular formula is C17H23ClN4O3. The van der Waals surface area contributed by atoms with Crippen molar-refractivity contribution in [1.29, 1.82) is 0 Å². The van der Waals surface area contributed by atoms with Crippen molar-refractivity contribution in [2.45, 2.75) is 31.7 Å². The largest absolute Gasteiger partial charge is 0.370 e. The van der Waals surface area contributed by atoms with Crippen LogP contribution in [0, 0.1) is 0 Å². The number of primary amides is 1. The third-order valence-electron chi connectivity index (χ3n) is 4.18. The summed E-state index contributed by atoms with van der Waals surface area (Å²) < 4.78 is 0. The van der Waals surface area contributed by atoms with Gasteiger partial charge in [-0.05, 0) is 37.5 Å². The fourth-order valence-corrected chi connectivity index (χ4v) is 3.18. The van der Waals surface area contributed by atoms with Gasteiger partial charge in [0.05, 0.1) is 10.6 Å². The van der Waals surface area contributed by atoms with E-state index in [9.17, 15) is 14.4 Å². The Kier molecular flexibility index (Phi) is 6.25. The van der Waals surface area contributed by atoms with Crippen molar-refractivity contribution < 1.29 is 14.4 Å². The molecule has 0 unspecified atom stereocenters. The lowest BCUT2D eigenvalue weighted by atomic mass is 9.99. The minimum atomic E-state index is -0.417. The second-order valence-corrected chi connectivity index (χ2v) is 6.74. The van der Waals surface area contributed by atoms with Crippen molar-refractivity contribution in [3.8, 4) is 0 Å². The predicted octanol–water partition coefficient (Wildman–Crippen LogP) is 2.30. The second-order valence-electron chi connectivity index (χ2n) is 6.34. The van der Waals surface area contributed by atoms with Crippen molar-refractivity contribution in [2.75, 3.05) is 26.0 Å². The monoisotopic (exact) mass is 366 g/mol. The summed E-state index contributed by atoms with van der Waals surface area (Å²) in [5, 5.41) is 3.04. The Bertz CT molecular complexity index is 678. The Morgan fingerprint density at radius 3 is 2.64 bits per heavy atom. The number of rotatable bonds is 4. The van der Waals surface area contributed by atoms with Crippen molar-refractivity contribution in [3.05, 3.63) is 28.8 Å². The maximum atomic E-state index is 12.5.